The number of nitrogens with zero attached hydrogens (tertiary/aromatic N) is 1. The number of benzene rings is 2. The summed E-state index contributed by atoms with van der Waals surface area (Å²) in [6.45, 7) is 0.278. The highest BCUT2D eigenvalue weighted by atomic mass is 19.4. The van der Waals surface area contributed by atoms with E-state index in [4.69, 9.17) is 9.84 Å². The van der Waals surface area contributed by atoms with Crippen LogP contribution in [0.25, 0.3) is 0 Å². The molecule has 3 rings (SSSR count). The Hall–Kier alpha value is -3.03. The molecule has 1 aliphatic rings. The van der Waals surface area contributed by atoms with E-state index in [1.807, 2.05) is 0 Å². The lowest BCUT2D eigenvalue weighted by Crippen LogP contribution is -2.38. The minimum atomic E-state index is -4.48. The summed E-state index contributed by atoms with van der Waals surface area (Å²) in [5.74, 6) is -1.46. The van der Waals surface area contributed by atoms with Gasteiger partial charge in [-0.2, -0.15) is 13.2 Å². The van der Waals surface area contributed by atoms with E-state index < -0.39 is 24.3 Å². The zero-order valence-electron chi connectivity index (χ0n) is 14.1. The van der Waals surface area contributed by atoms with E-state index in [1.165, 1.54) is 29.2 Å². The first-order valence-electron chi connectivity index (χ1n) is 8.17. The molecule has 1 N–H and O–H groups in total. The van der Waals surface area contributed by atoms with Crippen molar-refractivity contribution in [2.24, 2.45) is 0 Å². The molecule has 0 aliphatic carbocycles. The Bertz CT molecular complexity index is 879. The van der Waals surface area contributed by atoms with Gasteiger partial charge in [0.2, 0.25) is 0 Å². The van der Waals surface area contributed by atoms with Gasteiger partial charge >= 0.3 is 12.1 Å². The number of carboxylic acid groups (broad SMARTS) is 1. The number of fused-ring (bicyclic) bond motifs is 1. The van der Waals surface area contributed by atoms with Gasteiger partial charge in [0.25, 0.3) is 5.91 Å². The summed E-state index contributed by atoms with van der Waals surface area (Å²) in [6.07, 6.45) is -3.91. The number of aromatic carboxylic acids is 1. The maximum absolute atomic E-state index is 12.7. The lowest BCUT2D eigenvalue weighted by molar-refractivity contribution is -0.137. The summed E-state index contributed by atoms with van der Waals surface area (Å²) in [5, 5.41) is 9.07. The highest BCUT2D eigenvalue weighted by molar-refractivity contribution is 5.88. The summed E-state index contributed by atoms with van der Waals surface area (Å²) in [7, 11) is 0. The minimum Gasteiger partial charge on any atom is -0.484 e. The van der Waals surface area contributed by atoms with E-state index in [0.29, 0.717) is 13.0 Å². The minimum absolute atomic E-state index is 0.0382. The molecular weight excluding hydrogens is 363 g/mol. The Balaban J connectivity index is 1.64. The molecule has 0 fully saturated rings. The fourth-order valence-electron chi connectivity index (χ4n) is 2.90. The maximum Gasteiger partial charge on any atom is 0.416 e. The van der Waals surface area contributed by atoms with Gasteiger partial charge in [-0.1, -0.05) is 12.1 Å². The standard InChI is InChI=1S/C19H16F3NO4/c20-19(21,22)15-2-1-3-16(9-15)27-11-17(24)23-7-6-12-4-5-13(18(25)26)8-14(12)10-23/h1-5,8-9H,6-7,10-11H2,(H,25,26). The molecule has 8 heteroatoms. The Morgan fingerprint density at radius 3 is 2.59 bits per heavy atom. The van der Waals surface area contributed by atoms with Gasteiger partial charge in [-0.15, -0.1) is 0 Å². The Morgan fingerprint density at radius 1 is 1.11 bits per heavy atom. The van der Waals surface area contributed by atoms with Crippen LogP contribution in [0.5, 0.6) is 5.75 Å². The molecule has 2 aromatic carbocycles. The summed E-state index contributed by atoms with van der Waals surface area (Å²) in [5.41, 5.74) is 1.01. The van der Waals surface area contributed by atoms with E-state index in [9.17, 15) is 22.8 Å². The molecule has 0 aromatic heterocycles. The van der Waals surface area contributed by atoms with Crippen LogP contribution >= 0.6 is 0 Å². The molecule has 0 spiro atoms. The lowest BCUT2D eigenvalue weighted by atomic mass is 9.97. The number of hydrogen-bond acceptors (Lipinski definition) is 3. The quantitative estimate of drug-likeness (QED) is 0.885. The molecule has 0 bridgehead atoms. The van der Waals surface area contributed by atoms with Crippen LogP contribution in [0, 0.1) is 0 Å². The molecule has 0 atom stereocenters. The monoisotopic (exact) mass is 379 g/mol. The Labute approximate surface area is 153 Å². The van der Waals surface area contributed by atoms with E-state index in [1.54, 1.807) is 6.07 Å². The number of carbonyl (C=O) groups is 2. The van der Waals surface area contributed by atoms with E-state index in [0.717, 1.165) is 23.3 Å². The second kappa shape index (κ2) is 7.30. The molecular formula is C19H16F3NO4. The fourth-order valence-corrected chi connectivity index (χ4v) is 2.90. The van der Waals surface area contributed by atoms with Crippen LogP contribution < -0.4 is 4.74 Å². The summed E-state index contributed by atoms with van der Waals surface area (Å²) in [4.78, 5) is 24.9. The SMILES string of the molecule is O=C(O)c1ccc2c(c1)CN(C(=O)COc1cccc(C(F)(F)F)c1)CC2. The average molecular weight is 379 g/mol. The Morgan fingerprint density at radius 2 is 1.89 bits per heavy atom. The van der Waals surface area contributed by atoms with E-state index in [2.05, 4.69) is 0 Å². The van der Waals surface area contributed by atoms with Crippen LogP contribution in [0.15, 0.2) is 42.5 Å². The molecule has 0 saturated carbocycles. The molecule has 0 saturated heterocycles. The average Bonchev–Trinajstić information content (AvgIpc) is 2.64. The number of ether oxygens (including phenoxy) is 1. The van der Waals surface area contributed by atoms with Crippen molar-refractivity contribution in [3.8, 4) is 5.75 Å². The molecule has 0 unspecified atom stereocenters. The van der Waals surface area contributed by atoms with E-state index >= 15 is 0 Å². The molecule has 5 nitrogen and oxygen atoms in total. The third kappa shape index (κ3) is 4.39. The number of amides is 1. The van der Waals surface area contributed by atoms with Crippen molar-refractivity contribution in [2.45, 2.75) is 19.1 Å². The van der Waals surface area contributed by atoms with Gasteiger partial charge in [0.15, 0.2) is 6.61 Å². The first kappa shape index (κ1) is 18.8. The number of hydrogen-bond donors (Lipinski definition) is 1. The number of alkyl halides is 3. The largest absolute Gasteiger partial charge is 0.484 e. The van der Waals surface area contributed by atoms with Crippen LogP contribution in [0.4, 0.5) is 13.2 Å². The molecule has 1 aliphatic heterocycles. The van der Waals surface area contributed by atoms with Crippen molar-refractivity contribution < 1.29 is 32.6 Å². The summed E-state index contributed by atoms with van der Waals surface area (Å²) >= 11 is 0. The van der Waals surface area contributed by atoms with Crippen molar-refractivity contribution in [1.29, 1.82) is 0 Å². The first-order chi connectivity index (χ1) is 12.7. The van der Waals surface area contributed by atoms with Gasteiger partial charge in [0.05, 0.1) is 11.1 Å². The lowest BCUT2D eigenvalue weighted by Gasteiger charge is -2.29. The van der Waals surface area contributed by atoms with Crippen molar-refractivity contribution in [3.05, 3.63) is 64.7 Å². The van der Waals surface area contributed by atoms with Crippen LogP contribution in [-0.4, -0.2) is 35.0 Å². The molecule has 142 valence electrons. The van der Waals surface area contributed by atoms with Gasteiger partial charge in [-0.25, -0.2) is 4.79 Å². The van der Waals surface area contributed by atoms with Gasteiger partial charge in [-0.05, 0) is 47.9 Å². The van der Waals surface area contributed by atoms with Crippen molar-refractivity contribution in [3.63, 3.8) is 0 Å². The molecule has 1 amide bonds. The van der Waals surface area contributed by atoms with Crippen LogP contribution in [-0.2, 0) is 23.9 Å². The van der Waals surface area contributed by atoms with Crippen molar-refractivity contribution in [1.82, 2.24) is 4.90 Å². The second-order valence-electron chi connectivity index (χ2n) is 6.17. The van der Waals surface area contributed by atoms with Gasteiger partial charge in [0.1, 0.15) is 5.75 Å². The molecule has 27 heavy (non-hydrogen) atoms. The number of carboxylic acids is 1. The smallest absolute Gasteiger partial charge is 0.416 e. The predicted molar refractivity (Wildman–Crippen MR) is 89.5 cm³/mol. The third-order valence-corrected chi connectivity index (χ3v) is 4.34. The Kier molecular flexibility index (Phi) is 5.07. The van der Waals surface area contributed by atoms with Gasteiger partial charge in [-0.3, -0.25) is 4.79 Å². The fraction of sp³-hybridized carbons (Fsp3) is 0.263. The number of rotatable bonds is 4. The van der Waals surface area contributed by atoms with E-state index in [-0.39, 0.29) is 23.8 Å². The van der Waals surface area contributed by atoms with Crippen LogP contribution in [0.3, 0.4) is 0 Å². The van der Waals surface area contributed by atoms with Crippen molar-refractivity contribution >= 4 is 11.9 Å². The maximum atomic E-state index is 12.7. The normalized spacial score (nSPS) is 13.8. The molecule has 1 heterocycles. The van der Waals surface area contributed by atoms with Gasteiger partial charge in [0, 0.05) is 13.1 Å². The first-order valence-corrected chi connectivity index (χ1v) is 8.17. The highest BCUT2D eigenvalue weighted by Gasteiger charge is 2.30. The number of halogens is 3. The zero-order valence-corrected chi connectivity index (χ0v) is 14.1. The molecule has 0 radical (unpaired) electrons. The van der Waals surface area contributed by atoms with Gasteiger partial charge < -0.3 is 14.7 Å². The summed E-state index contributed by atoms with van der Waals surface area (Å²) in [6, 6.07) is 9.13. The zero-order chi connectivity index (χ0) is 19.6. The van der Waals surface area contributed by atoms with Crippen LogP contribution in [0.2, 0.25) is 0 Å². The van der Waals surface area contributed by atoms with Crippen molar-refractivity contribution in [2.75, 3.05) is 13.2 Å². The predicted octanol–water partition coefficient (Wildman–Crippen LogP) is 3.37. The topological polar surface area (TPSA) is 66.8 Å². The summed E-state index contributed by atoms with van der Waals surface area (Å²) < 4.78 is 43.4. The van der Waals surface area contributed by atoms with Crippen LogP contribution in [0.1, 0.15) is 27.0 Å². The highest BCUT2D eigenvalue weighted by Crippen LogP contribution is 2.31. The second-order valence-corrected chi connectivity index (χ2v) is 6.17. The third-order valence-electron chi connectivity index (χ3n) is 4.34. The molecule has 2 aromatic rings. The number of carbonyl (C=O) groups excluding carboxylic acids is 1.